The summed E-state index contributed by atoms with van der Waals surface area (Å²) in [5.41, 5.74) is 10.5. The van der Waals surface area contributed by atoms with Gasteiger partial charge in [-0.25, -0.2) is 0 Å². The highest BCUT2D eigenvalue weighted by molar-refractivity contribution is 5.66. The van der Waals surface area contributed by atoms with Crippen LogP contribution in [0.25, 0.3) is 0 Å². The van der Waals surface area contributed by atoms with Gasteiger partial charge in [0.15, 0.2) is 0 Å². The Morgan fingerprint density at radius 2 is 0.641 bits per heavy atom. The number of hydrogen-bond acceptors (Lipinski definition) is 2. The van der Waals surface area contributed by atoms with Gasteiger partial charge >= 0.3 is 0 Å². The van der Waals surface area contributed by atoms with Crippen LogP contribution in [0.4, 0.5) is 11.4 Å². The van der Waals surface area contributed by atoms with E-state index in [1.54, 1.807) is 0 Å². The Morgan fingerprint density at radius 3 is 0.846 bits per heavy atom. The largest absolute Gasteiger partial charge is 0.187 e. The van der Waals surface area contributed by atoms with E-state index in [1.807, 2.05) is 0 Å². The number of aliphatic imine (C=N–C) groups is 2. The lowest BCUT2D eigenvalue weighted by Gasteiger charge is -2.18. The van der Waals surface area contributed by atoms with Crippen molar-refractivity contribution in [1.82, 2.24) is 0 Å². The van der Waals surface area contributed by atoms with Crippen molar-refractivity contribution in [3.8, 4) is 0 Å². The molecule has 2 nitrogen and oxygen atoms in total. The minimum atomic E-state index is 0.570. The molecule has 0 N–H and O–H groups in total. The highest BCUT2D eigenvalue weighted by atomic mass is 14.8. The molecule has 2 aromatic carbocycles. The van der Waals surface area contributed by atoms with Crippen LogP contribution in [0.2, 0.25) is 0 Å². The highest BCUT2D eigenvalue weighted by Crippen LogP contribution is 2.33. The monoisotopic (exact) mass is 530 g/mol. The molecule has 0 aromatic heterocycles. The molecule has 0 radical (unpaired) electrons. The number of rotatable bonds is 14. The van der Waals surface area contributed by atoms with E-state index in [0.717, 1.165) is 49.9 Å². The molecule has 0 amide bonds. The fourth-order valence-electron chi connectivity index (χ4n) is 5.64. The summed E-state index contributed by atoms with van der Waals surface area (Å²) in [5, 5.41) is 0. The van der Waals surface area contributed by atoms with Crippen LogP contribution in [0.5, 0.6) is 0 Å². The molecule has 0 saturated heterocycles. The molecule has 0 unspecified atom stereocenters. The Hall–Kier alpha value is -2.18. The third kappa shape index (κ3) is 11.4. The van der Waals surface area contributed by atoms with E-state index >= 15 is 0 Å². The molecule has 0 bridgehead atoms. The summed E-state index contributed by atoms with van der Waals surface area (Å²) in [7, 11) is 0. The second-order valence-electron chi connectivity index (χ2n) is 14.4. The molecule has 2 heteroatoms. The molecule has 2 rings (SSSR count). The molecule has 0 atom stereocenters. The zero-order chi connectivity index (χ0) is 29.3. The predicted molar refractivity (Wildman–Crippen MR) is 173 cm³/mol. The average molecular weight is 531 g/mol. The fourth-order valence-corrected chi connectivity index (χ4v) is 5.64. The summed E-state index contributed by atoms with van der Waals surface area (Å²) in [6.45, 7) is 27.6. The van der Waals surface area contributed by atoms with Crippen LogP contribution in [-0.4, -0.2) is 6.01 Å². The summed E-state index contributed by atoms with van der Waals surface area (Å²) in [4.78, 5) is 10.0. The zero-order valence-corrected chi connectivity index (χ0v) is 27.4. The van der Waals surface area contributed by atoms with E-state index in [1.165, 1.54) is 33.4 Å². The molecule has 0 aliphatic heterocycles. The summed E-state index contributed by atoms with van der Waals surface area (Å²) in [6.07, 6.45) is 6.32. The molecular formula is C37H58N2. The van der Waals surface area contributed by atoms with Crippen molar-refractivity contribution in [2.24, 2.45) is 45.5 Å². The molecule has 0 aliphatic carbocycles. The summed E-state index contributed by atoms with van der Waals surface area (Å²) in [5.74, 6) is 3.55. The predicted octanol–water partition coefficient (Wildman–Crippen LogP) is 11.0. The molecule has 216 valence electrons. The Morgan fingerprint density at radius 1 is 0.410 bits per heavy atom. The lowest BCUT2D eigenvalue weighted by molar-refractivity contribution is 0.625. The van der Waals surface area contributed by atoms with Gasteiger partial charge in [-0.1, -0.05) is 107 Å². The molecule has 0 aliphatic rings. The normalized spacial score (nSPS) is 11.9. The van der Waals surface area contributed by atoms with Crippen LogP contribution >= 0.6 is 0 Å². The number of nitrogens with zero attached hydrogens (tertiary/aromatic N) is 2. The van der Waals surface area contributed by atoms with E-state index < -0.39 is 0 Å². The fraction of sp³-hybridized carbons (Fsp3) is 0.649. The van der Waals surface area contributed by atoms with Gasteiger partial charge in [-0.15, -0.1) is 0 Å². The van der Waals surface area contributed by atoms with Crippen molar-refractivity contribution in [2.75, 3.05) is 0 Å². The van der Waals surface area contributed by atoms with Crippen molar-refractivity contribution >= 4 is 17.4 Å². The van der Waals surface area contributed by atoms with Gasteiger partial charge in [0.05, 0.1) is 11.4 Å². The quantitative estimate of drug-likeness (QED) is 0.217. The minimum Gasteiger partial charge on any atom is -0.187 e. The van der Waals surface area contributed by atoms with E-state index in [0.29, 0.717) is 35.5 Å². The molecule has 0 saturated carbocycles. The van der Waals surface area contributed by atoms with Gasteiger partial charge in [-0.3, -0.25) is 0 Å². The van der Waals surface area contributed by atoms with Crippen molar-refractivity contribution in [3.63, 3.8) is 0 Å². The summed E-state index contributed by atoms with van der Waals surface area (Å²) < 4.78 is 0. The number of hydrogen-bond donors (Lipinski definition) is 0. The van der Waals surface area contributed by atoms with Crippen LogP contribution in [0.15, 0.2) is 34.3 Å². The van der Waals surface area contributed by atoms with Crippen LogP contribution in [0, 0.1) is 35.5 Å². The average Bonchev–Trinajstić information content (AvgIpc) is 2.74. The van der Waals surface area contributed by atoms with Gasteiger partial charge in [0.1, 0.15) is 6.01 Å². The van der Waals surface area contributed by atoms with Gasteiger partial charge in [-0.05, 0) is 107 Å². The van der Waals surface area contributed by atoms with Gasteiger partial charge < -0.3 is 0 Å². The van der Waals surface area contributed by atoms with E-state index in [-0.39, 0.29) is 0 Å². The minimum absolute atomic E-state index is 0.570. The highest BCUT2D eigenvalue weighted by Gasteiger charge is 2.16. The standard InChI is InChI=1S/C37H58N2/c1-24(2)13-30-19-32(15-26(5)6)36(33(20-30)16-27(7)8)38-23-39-37-34(17-28(9)10)21-31(14-25(3)4)22-35(37)18-29(11)12/h19-22,24-29H,13-18H2,1-12H3. The smallest absolute Gasteiger partial charge is 0.101 e. The summed E-state index contributed by atoms with van der Waals surface area (Å²) >= 11 is 0. The molecule has 0 spiro atoms. The first kappa shape index (κ1) is 33.0. The Bertz CT molecular complexity index is 961. The SMILES string of the molecule is CC(C)Cc1cc(CC(C)C)c(N=C=Nc2c(CC(C)C)cc(CC(C)C)cc2CC(C)C)c(CC(C)C)c1. The maximum atomic E-state index is 5.02. The van der Waals surface area contributed by atoms with E-state index in [2.05, 4.69) is 113 Å². The van der Waals surface area contributed by atoms with Gasteiger partial charge in [0.25, 0.3) is 0 Å². The Balaban J connectivity index is 2.73. The first-order valence-electron chi connectivity index (χ1n) is 15.7. The molecule has 39 heavy (non-hydrogen) atoms. The van der Waals surface area contributed by atoms with Gasteiger partial charge in [-0.2, -0.15) is 9.98 Å². The molecular weight excluding hydrogens is 472 g/mol. The maximum Gasteiger partial charge on any atom is 0.101 e. The molecule has 0 heterocycles. The van der Waals surface area contributed by atoms with Crippen LogP contribution in [0.3, 0.4) is 0 Å². The molecule has 2 aromatic rings. The second kappa shape index (κ2) is 15.6. The molecule has 0 fully saturated rings. The lowest BCUT2D eigenvalue weighted by Crippen LogP contribution is -2.04. The first-order chi connectivity index (χ1) is 18.2. The van der Waals surface area contributed by atoms with Crippen molar-refractivity contribution in [1.29, 1.82) is 0 Å². The van der Waals surface area contributed by atoms with Crippen LogP contribution < -0.4 is 0 Å². The third-order valence-corrected chi connectivity index (χ3v) is 6.78. The van der Waals surface area contributed by atoms with Crippen molar-refractivity contribution < 1.29 is 0 Å². The second-order valence-corrected chi connectivity index (χ2v) is 14.4. The van der Waals surface area contributed by atoms with E-state index in [4.69, 9.17) is 9.98 Å². The summed E-state index contributed by atoms with van der Waals surface area (Å²) in [6, 6.07) is 12.9. The van der Waals surface area contributed by atoms with E-state index in [9.17, 15) is 0 Å². The topological polar surface area (TPSA) is 24.7 Å². The van der Waals surface area contributed by atoms with Gasteiger partial charge in [0.2, 0.25) is 0 Å². The maximum absolute atomic E-state index is 5.02. The lowest BCUT2D eigenvalue weighted by atomic mass is 9.90. The van der Waals surface area contributed by atoms with Gasteiger partial charge in [0, 0.05) is 0 Å². The number of benzene rings is 2. The van der Waals surface area contributed by atoms with Crippen LogP contribution in [0.1, 0.15) is 116 Å². The van der Waals surface area contributed by atoms with Crippen molar-refractivity contribution in [2.45, 2.75) is 122 Å². The van der Waals surface area contributed by atoms with Crippen LogP contribution in [-0.2, 0) is 38.5 Å². The van der Waals surface area contributed by atoms with Crippen molar-refractivity contribution in [3.05, 3.63) is 57.6 Å². The third-order valence-electron chi connectivity index (χ3n) is 6.78. The zero-order valence-electron chi connectivity index (χ0n) is 27.4. The Kier molecular flexibility index (Phi) is 13.2. The Labute approximate surface area is 241 Å². The first-order valence-corrected chi connectivity index (χ1v) is 15.7.